The van der Waals surface area contributed by atoms with E-state index in [1.807, 2.05) is 30.5 Å². The number of hydrogen-bond acceptors (Lipinski definition) is 5. The number of nitrogens with zero attached hydrogens (tertiary/aromatic N) is 2. The van der Waals surface area contributed by atoms with E-state index in [0.29, 0.717) is 34.0 Å². The van der Waals surface area contributed by atoms with Crippen molar-refractivity contribution < 1.29 is 9.32 Å². The minimum Gasteiger partial charge on any atom is -0.345 e. The lowest BCUT2D eigenvalue weighted by Crippen LogP contribution is -2.28. The number of carbonyl (C=O) groups is 1. The average Bonchev–Trinajstić information content (AvgIpc) is 3.42. The maximum Gasteiger partial charge on any atom is 0.259 e. The van der Waals surface area contributed by atoms with E-state index in [9.17, 15) is 4.79 Å². The number of aryl methyl sites for hydroxylation is 1. The first-order valence-electron chi connectivity index (χ1n) is 10.2. The van der Waals surface area contributed by atoms with Crippen LogP contribution in [0.2, 0.25) is 0 Å². The first kappa shape index (κ1) is 20.3. The Bertz CT molecular complexity index is 1160. The van der Waals surface area contributed by atoms with Crippen LogP contribution in [0.4, 0.5) is 0 Å². The zero-order chi connectivity index (χ0) is 21.3. The predicted molar refractivity (Wildman–Crippen MR) is 121 cm³/mol. The SMILES string of the molecule is CC[C@H](NC(=O)c1cc(-c2cccs2)nc2onc(C)c12)c1ccc(C(C)C)cc1. The van der Waals surface area contributed by atoms with Crippen LogP contribution in [0, 0.1) is 6.92 Å². The molecule has 0 saturated carbocycles. The standard InChI is InChI=1S/C24H25N3O2S/c1-5-19(17-10-8-16(9-11-17)14(2)3)25-23(28)18-13-20(21-7-6-12-30-21)26-24-22(18)15(4)27-29-24/h6-14,19H,5H2,1-4H3,(H,25,28)/t19-/m0/s1. The van der Waals surface area contributed by atoms with E-state index in [1.54, 1.807) is 11.3 Å². The van der Waals surface area contributed by atoms with Gasteiger partial charge in [0, 0.05) is 0 Å². The summed E-state index contributed by atoms with van der Waals surface area (Å²) < 4.78 is 5.39. The van der Waals surface area contributed by atoms with E-state index in [1.165, 1.54) is 5.56 Å². The molecule has 1 N–H and O–H groups in total. The Morgan fingerprint density at radius 2 is 1.90 bits per heavy atom. The van der Waals surface area contributed by atoms with Gasteiger partial charge in [0.15, 0.2) is 0 Å². The molecule has 0 fully saturated rings. The maximum absolute atomic E-state index is 13.3. The van der Waals surface area contributed by atoms with Crippen LogP contribution in [0.1, 0.15) is 66.3 Å². The minimum atomic E-state index is -0.147. The normalized spacial score (nSPS) is 12.4. The fraction of sp³-hybridized carbons (Fsp3) is 0.292. The lowest BCUT2D eigenvalue weighted by atomic mass is 9.97. The highest BCUT2D eigenvalue weighted by Crippen LogP contribution is 2.30. The number of aromatic nitrogens is 2. The molecule has 0 aliphatic heterocycles. The Hall–Kier alpha value is -2.99. The Labute approximate surface area is 180 Å². The number of amides is 1. The second kappa shape index (κ2) is 8.40. The zero-order valence-electron chi connectivity index (χ0n) is 17.6. The lowest BCUT2D eigenvalue weighted by Gasteiger charge is -2.19. The Morgan fingerprint density at radius 3 is 2.53 bits per heavy atom. The monoisotopic (exact) mass is 419 g/mol. The fourth-order valence-electron chi connectivity index (χ4n) is 3.59. The smallest absolute Gasteiger partial charge is 0.259 e. The Balaban J connectivity index is 1.68. The highest BCUT2D eigenvalue weighted by atomic mass is 32.1. The van der Waals surface area contributed by atoms with E-state index in [0.717, 1.165) is 16.9 Å². The summed E-state index contributed by atoms with van der Waals surface area (Å²) in [6.07, 6.45) is 0.793. The molecule has 30 heavy (non-hydrogen) atoms. The van der Waals surface area contributed by atoms with Crippen molar-refractivity contribution >= 4 is 28.3 Å². The molecule has 0 aliphatic carbocycles. The summed E-state index contributed by atoms with van der Waals surface area (Å²) in [7, 11) is 0. The third-order valence-electron chi connectivity index (χ3n) is 5.35. The molecule has 0 saturated heterocycles. The average molecular weight is 420 g/mol. The van der Waals surface area contributed by atoms with Gasteiger partial charge < -0.3 is 9.84 Å². The molecule has 1 atom stereocenters. The van der Waals surface area contributed by atoms with E-state index in [-0.39, 0.29) is 11.9 Å². The van der Waals surface area contributed by atoms with Crippen LogP contribution in [-0.4, -0.2) is 16.0 Å². The summed E-state index contributed by atoms with van der Waals surface area (Å²) in [5.41, 5.74) is 4.69. The molecule has 0 aliphatic rings. The van der Waals surface area contributed by atoms with Crippen molar-refractivity contribution in [1.82, 2.24) is 15.5 Å². The minimum absolute atomic E-state index is 0.0766. The molecule has 1 aromatic carbocycles. The summed E-state index contributed by atoms with van der Waals surface area (Å²) >= 11 is 1.57. The van der Waals surface area contributed by atoms with Gasteiger partial charge in [-0.2, -0.15) is 0 Å². The van der Waals surface area contributed by atoms with Crippen LogP contribution in [0.15, 0.2) is 52.4 Å². The van der Waals surface area contributed by atoms with Gasteiger partial charge in [-0.05, 0) is 47.9 Å². The van der Waals surface area contributed by atoms with Gasteiger partial charge >= 0.3 is 0 Å². The lowest BCUT2D eigenvalue weighted by molar-refractivity contribution is 0.0937. The molecule has 5 nitrogen and oxygen atoms in total. The fourth-order valence-corrected chi connectivity index (χ4v) is 4.28. The predicted octanol–water partition coefficient (Wildman–Crippen LogP) is 6.26. The molecule has 0 spiro atoms. The summed E-state index contributed by atoms with van der Waals surface area (Å²) in [5.74, 6) is 0.331. The van der Waals surface area contributed by atoms with Crippen molar-refractivity contribution in [1.29, 1.82) is 0 Å². The number of hydrogen-bond donors (Lipinski definition) is 1. The van der Waals surface area contributed by atoms with Crippen molar-refractivity contribution in [2.45, 2.75) is 46.1 Å². The highest BCUT2D eigenvalue weighted by molar-refractivity contribution is 7.13. The van der Waals surface area contributed by atoms with Gasteiger partial charge in [0.25, 0.3) is 11.6 Å². The Kier molecular flexibility index (Phi) is 5.68. The van der Waals surface area contributed by atoms with Crippen molar-refractivity contribution in [3.8, 4) is 10.6 Å². The van der Waals surface area contributed by atoms with Crippen LogP contribution in [0.3, 0.4) is 0 Å². The van der Waals surface area contributed by atoms with E-state index in [2.05, 4.69) is 60.5 Å². The number of carbonyl (C=O) groups excluding carboxylic acids is 1. The molecule has 4 rings (SSSR count). The number of thiophene rings is 1. The van der Waals surface area contributed by atoms with Gasteiger partial charge in [-0.15, -0.1) is 11.3 Å². The molecular weight excluding hydrogens is 394 g/mol. The van der Waals surface area contributed by atoms with E-state index >= 15 is 0 Å². The summed E-state index contributed by atoms with van der Waals surface area (Å²) in [5, 5.41) is 9.88. The van der Waals surface area contributed by atoms with Crippen molar-refractivity contribution in [3.05, 3.63) is 70.2 Å². The van der Waals surface area contributed by atoms with Crippen LogP contribution in [-0.2, 0) is 0 Å². The topological polar surface area (TPSA) is 68.0 Å². The molecule has 6 heteroatoms. The first-order chi connectivity index (χ1) is 14.5. The van der Waals surface area contributed by atoms with Gasteiger partial charge in [0.1, 0.15) is 0 Å². The van der Waals surface area contributed by atoms with Gasteiger partial charge in [0.05, 0.1) is 33.3 Å². The Morgan fingerprint density at radius 1 is 1.17 bits per heavy atom. The first-order valence-corrected chi connectivity index (χ1v) is 11.1. The van der Waals surface area contributed by atoms with Crippen molar-refractivity contribution in [3.63, 3.8) is 0 Å². The molecule has 3 heterocycles. The van der Waals surface area contributed by atoms with E-state index in [4.69, 9.17) is 4.52 Å². The third-order valence-corrected chi connectivity index (χ3v) is 6.25. The van der Waals surface area contributed by atoms with Crippen LogP contribution in [0.25, 0.3) is 21.7 Å². The number of nitrogens with one attached hydrogen (secondary N) is 1. The number of benzene rings is 1. The number of rotatable bonds is 6. The van der Waals surface area contributed by atoms with Gasteiger partial charge in [-0.25, -0.2) is 4.98 Å². The van der Waals surface area contributed by atoms with Crippen LogP contribution >= 0.6 is 11.3 Å². The molecule has 0 radical (unpaired) electrons. The molecular formula is C24H25N3O2S. The largest absolute Gasteiger partial charge is 0.345 e. The molecule has 0 bridgehead atoms. The summed E-state index contributed by atoms with van der Waals surface area (Å²) in [6, 6.07) is 14.2. The number of pyridine rings is 1. The molecule has 4 aromatic rings. The van der Waals surface area contributed by atoms with Crippen molar-refractivity contribution in [2.24, 2.45) is 0 Å². The summed E-state index contributed by atoms with van der Waals surface area (Å²) in [4.78, 5) is 18.9. The van der Waals surface area contributed by atoms with Gasteiger partial charge in [-0.3, -0.25) is 4.79 Å². The van der Waals surface area contributed by atoms with Gasteiger partial charge in [0.2, 0.25) is 0 Å². The second-order valence-corrected chi connectivity index (χ2v) is 8.68. The summed E-state index contributed by atoms with van der Waals surface area (Å²) in [6.45, 7) is 8.26. The van der Waals surface area contributed by atoms with E-state index < -0.39 is 0 Å². The van der Waals surface area contributed by atoms with Crippen LogP contribution < -0.4 is 5.32 Å². The molecule has 1 amide bonds. The second-order valence-electron chi connectivity index (χ2n) is 7.74. The highest BCUT2D eigenvalue weighted by Gasteiger charge is 2.22. The van der Waals surface area contributed by atoms with Crippen molar-refractivity contribution in [2.75, 3.05) is 0 Å². The maximum atomic E-state index is 13.3. The molecule has 3 aromatic heterocycles. The third kappa shape index (κ3) is 3.87. The van der Waals surface area contributed by atoms with Crippen LogP contribution in [0.5, 0.6) is 0 Å². The zero-order valence-corrected chi connectivity index (χ0v) is 18.4. The molecule has 0 unspecified atom stereocenters. The van der Waals surface area contributed by atoms with Gasteiger partial charge in [-0.1, -0.05) is 56.3 Å². The number of fused-ring (bicyclic) bond motifs is 1. The molecule has 154 valence electrons. The quantitative estimate of drug-likeness (QED) is 0.400.